The van der Waals surface area contributed by atoms with Crippen molar-refractivity contribution in [1.29, 1.82) is 0 Å². The molecule has 1 saturated carbocycles. The minimum absolute atomic E-state index is 0.220. The van der Waals surface area contributed by atoms with E-state index in [4.69, 9.17) is 23.2 Å². The van der Waals surface area contributed by atoms with Gasteiger partial charge in [0.2, 0.25) is 0 Å². The van der Waals surface area contributed by atoms with Gasteiger partial charge in [-0.1, -0.05) is 36.7 Å². The SMILES string of the molecule is CC(C(Cl)Cc1ccccc1Cl)C1CC1. The average Bonchev–Trinajstić information content (AvgIpc) is 3.04. The van der Waals surface area contributed by atoms with Crippen LogP contribution in [-0.4, -0.2) is 5.38 Å². The average molecular weight is 243 g/mol. The van der Waals surface area contributed by atoms with Crippen LogP contribution in [0.4, 0.5) is 0 Å². The predicted octanol–water partition coefficient (Wildman–Crippen LogP) is 4.54. The number of hydrogen-bond donors (Lipinski definition) is 0. The second-order valence-electron chi connectivity index (χ2n) is 4.51. The van der Waals surface area contributed by atoms with E-state index >= 15 is 0 Å². The second kappa shape index (κ2) is 4.76. The first-order chi connectivity index (χ1) is 7.18. The third-order valence-corrected chi connectivity index (χ3v) is 4.23. The van der Waals surface area contributed by atoms with Crippen molar-refractivity contribution in [1.82, 2.24) is 0 Å². The van der Waals surface area contributed by atoms with Crippen LogP contribution < -0.4 is 0 Å². The van der Waals surface area contributed by atoms with Crippen LogP contribution in [0.3, 0.4) is 0 Å². The minimum Gasteiger partial charge on any atom is -0.122 e. The number of alkyl halides is 1. The van der Waals surface area contributed by atoms with Crippen molar-refractivity contribution in [3.05, 3.63) is 34.9 Å². The molecule has 0 radical (unpaired) electrons. The molecule has 0 N–H and O–H groups in total. The fourth-order valence-electron chi connectivity index (χ4n) is 1.98. The lowest BCUT2D eigenvalue weighted by Gasteiger charge is -2.17. The van der Waals surface area contributed by atoms with Crippen LogP contribution in [0.1, 0.15) is 25.3 Å². The number of benzene rings is 1. The Balaban J connectivity index is 1.98. The van der Waals surface area contributed by atoms with Crippen molar-refractivity contribution < 1.29 is 0 Å². The van der Waals surface area contributed by atoms with E-state index in [0.29, 0.717) is 5.92 Å². The predicted molar refractivity (Wildman–Crippen MR) is 66.7 cm³/mol. The van der Waals surface area contributed by atoms with Crippen LogP contribution >= 0.6 is 23.2 Å². The highest BCUT2D eigenvalue weighted by molar-refractivity contribution is 6.31. The molecule has 82 valence electrons. The summed E-state index contributed by atoms with van der Waals surface area (Å²) < 4.78 is 0. The van der Waals surface area contributed by atoms with Crippen LogP contribution in [0.5, 0.6) is 0 Å². The van der Waals surface area contributed by atoms with Gasteiger partial charge in [-0.25, -0.2) is 0 Å². The van der Waals surface area contributed by atoms with Crippen molar-refractivity contribution in [2.75, 3.05) is 0 Å². The third kappa shape index (κ3) is 2.89. The van der Waals surface area contributed by atoms with Crippen molar-refractivity contribution in [2.24, 2.45) is 11.8 Å². The Morgan fingerprint density at radius 3 is 2.60 bits per heavy atom. The van der Waals surface area contributed by atoms with Gasteiger partial charge in [0.05, 0.1) is 0 Å². The molecule has 0 aliphatic heterocycles. The zero-order valence-electron chi connectivity index (χ0n) is 8.92. The van der Waals surface area contributed by atoms with Gasteiger partial charge >= 0.3 is 0 Å². The molecule has 0 amide bonds. The van der Waals surface area contributed by atoms with Gasteiger partial charge in [-0.15, -0.1) is 11.6 Å². The van der Waals surface area contributed by atoms with Gasteiger partial charge in [-0.2, -0.15) is 0 Å². The first-order valence-corrected chi connectivity index (χ1v) is 6.37. The van der Waals surface area contributed by atoms with Gasteiger partial charge in [0.25, 0.3) is 0 Å². The molecule has 2 atom stereocenters. The van der Waals surface area contributed by atoms with Crippen LogP contribution in [0.25, 0.3) is 0 Å². The van der Waals surface area contributed by atoms with Gasteiger partial charge in [-0.05, 0) is 42.7 Å². The summed E-state index contributed by atoms with van der Waals surface area (Å²) in [7, 11) is 0. The lowest BCUT2D eigenvalue weighted by atomic mass is 9.96. The number of rotatable bonds is 4. The largest absolute Gasteiger partial charge is 0.122 e. The van der Waals surface area contributed by atoms with E-state index in [0.717, 1.165) is 17.4 Å². The molecule has 0 nitrogen and oxygen atoms in total. The molecule has 1 aliphatic carbocycles. The Labute approximate surface area is 102 Å². The monoisotopic (exact) mass is 242 g/mol. The molecule has 1 aromatic rings. The maximum absolute atomic E-state index is 6.41. The number of hydrogen-bond acceptors (Lipinski definition) is 0. The molecular weight excluding hydrogens is 227 g/mol. The Morgan fingerprint density at radius 1 is 1.33 bits per heavy atom. The maximum atomic E-state index is 6.41. The van der Waals surface area contributed by atoms with Crippen molar-refractivity contribution in [3.8, 4) is 0 Å². The fourth-order valence-corrected chi connectivity index (χ4v) is 2.56. The molecule has 0 heterocycles. The Kier molecular flexibility index (Phi) is 3.58. The third-order valence-electron chi connectivity index (χ3n) is 3.31. The van der Waals surface area contributed by atoms with Crippen molar-refractivity contribution >= 4 is 23.2 Å². The van der Waals surface area contributed by atoms with Gasteiger partial charge in [0.1, 0.15) is 0 Å². The van der Waals surface area contributed by atoms with Crippen LogP contribution in [0.2, 0.25) is 5.02 Å². The van der Waals surface area contributed by atoms with Gasteiger partial charge in [0.15, 0.2) is 0 Å². The van der Waals surface area contributed by atoms with E-state index in [2.05, 4.69) is 13.0 Å². The zero-order valence-corrected chi connectivity index (χ0v) is 10.4. The molecule has 1 aliphatic rings. The molecule has 1 fully saturated rings. The summed E-state index contributed by atoms with van der Waals surface area (Å²) in [6.07, 6.45) is 3.60. The molecule has 2 unspecified atom stereocenters. The zero-order chi connectivity index (χ0) is 10.8. The first kappa shape index (κ1) is 11.3. The Bertz CT molecular complexity index is 331. The number of halogens is 2. The van der Waals surface area contributed by atoms with Crippen LogP contribution in [0, 0.1) is 11.8 Å². The molecule has 1 aromatic carbocycles. The summed E-state index contributed by atoms with van der Waals surface area (Å²) in [6, 6.07) is 7.98. The van der Waals surface area contributed by atoms with Gasteiger partial charge in [0, 0.05) is 10.4 Å². The molecule has 0 spiro atoms. The summed E-state index contributed by atoms with van der Waals surface area (Å²) in [5.41, 5.74) is 1.17. The molecular formula is C13H16Cl2. The summed E-state index contributed by atoms with van der Waals surface area (Å²) in [6.45, 7) is 2.26. The molecule has 2 heteroatoms. The van der Waals surface area contributed by atoms with E-state index in [1.54, 1.807) is 0 Å². The normalized spacial score (nSPS) is 19.9. The standard InChI is InChI=1S/C13H16Cl2/c1-9(10-6-7-10)13(15)8-11-4-2-3-5-12(11)14/h2-5,9-10,13H,6-8H2,1H3. The van der Waals surface area contributed by atoms with E-state index in [-0.39, 0.29) is 5.38 Å². The molecule has 2 rings (SSSR count). The summed E-state index contributed by atoms with van der Waals surface area (Å²) in [5, 5.41) is 1.06. The Hall–Kier alpha value is -0.200. The van der Waals surface area contributed by atoms with Crippen LogP contribution in [-0.2, 0) is 6.42 Å². The maximum Gasteiger partial charge on any atom is 0.0438 e. The van der Waals surface area contributed by atoms with E-state index in [1.807, 2.05) is 18.2 Å². The fraction of sp³-hybridized carbons (Fsp3) is 0.538. The van der Waals surface area contributed by atoms with Gasteiger partial charge in [-0.3, -0.25) is 0 Å². The lowest BCUT2D eigenvalue weighted by Crippen LogP contribution is -2.16. The summed E-state index contributed by atoms with van der Waals surface area (Å²) in [5.74, 6) is 1.47. The topological polar surface area (TPSA) is 0 Å². The first-order valence-electron chi connectivity index (χ1n) is 5.56. The van der Waals surface area contributed by atoms with Gasteiger partial charge < -0.3 is 0 Å². The quantitative estimate of drug-likeness (QED) is 0.681. The highest BCUT2D eigenvalue weighted by Gasteiger charge is 2.32. The smallest absolute Gasteiger partial charge is 0.0438 e. The summed E-state index contributed by atoms with van der Waals surface area (Å²) in [4.78, 5) is 0. The molecule has 0 aromatic heterocycles. The molecule has 0 bridgehead atoms. The van der Waals surface area contributed by atoms with E-state index in [9.17, 15) is 0 Å². The Morgan fingerprint density at radius 2 is 2.00 bits per heavy atom. The van der Waals surface area contributed by atoms with Crippen molar-refractivity contribution in [3.63, 3.8) is 0 Å². The molecule has 0 saturated heterocycles. The lowest BCUT2D eigenvalue weighted by molar-refractivity contribution is 0.478. The summed E-state index contributed by atoms with van der Waals surface area (Å²) >= 11 is 12.5. The van der Waals surface area contributed by atoms with E-state index < -0.39 is 0 Å². The minimum atomic E-state index is 0.220. The second-order valence-corrected chi connectivity index (χ2v) is 5.48. The van der Waals surface area contributed by atoms with E-state index in [1.165, 1.54) is 18.4 Å². The van der Waals surface area contributed by atoms with Crippen LogP contribution in [0.15, 0.2) is 24.3 Å². The highest BCUT2D eigenvalue weighted by Crippen LogP contribution is 2.40. The van der Waals surface area contributed by atoms with Crippen molar-refractivity contribution in [2.45, 2.75) is 31.6 Å². The highest BCUT2D eigenvalue weighted by atomic mass is 35.5. The molecule has 15 heavy (non-hydrogen) atoms.